The molecule has 0 aromatic heterocycles. The maximum Gasteiger partial charge on any atom is 0.335 e. The van der Waals surface area contributed by atoms with Crippen molar-refractivity contribution in [3.8, 4) is 0 Å². The summed E-state index contributed by atoms with van der Waals surface area (Å²) >= 11 is 0. The van der Waals surface area contributed by atoms with Crippen LogP contribution in [0.1, 0.15) is 21.5 Å². The van der Waals surface area contributed by atoms with Gasteiger partial charge in [0.15, 0.2) is 0 Å². The van der Waals surface area contributed by atoms with Crippen LogP contribution in [0.3, 0.4) is 0 Å². The van der Waals surface area contributed by atoms with Crippen LogP contribution in [-0.2, 0) is 22.1 Å². The highest BCUT2D eigenvalue weighted by Gasteiger charge is 2.39. The number of hydrogen-bond acceptors (Lipinski definition) is 5. The molecule has 1 aliphatic heterocycles. The maximum atomic E-state index is 11.8. The van der Waals surface area contributed by atoms with Gasteiger partial charge in [0.2, 0.25) is 0 Å². The van der Waals surface area contributed by atoms with Gasteiger partial charge < -0.3 is 24.8 Å². The Morgan fingerprint density at radius 3 is 2.52 bits per heavy atom. The van der Waals surface area contributed by atoms with Gasteiger partial charge in [0, 0.05) is 19.0 Å². The average molecular weight is 389 g/mol. The molecule has 1 fully saturated rings. The summed E-state index contributed by atoms with van der Waals surface area (Å²) in [6.07, 6.45) is 0.207. The molecule has 0 radical (unpaired) electrons. The summed E-state index contributed by atoms with van der Waals surface area (Å²) in [6, 6.07) is 16.3. The number of benzene rings is 2. The molecule has 2 aromatic rings. The highest BCUT2D eigenvalue weighted by molar-refractivity contribution is 7.25. The quantitative estimate of drug-likeness (QED) is 0.627. The number of carboxylic acids is 1. The first kappa shape index (κ1) is 19.8. The minimum atomic E-state index is -1.45. The largest absolute Gasteiger partial charge is 0.478 e. The zero-order valence-electron chi connectivity index (χ0n) is 14.9. The zero-order valence-corrected chi connectivity index (χ0v) is 16.0. The van der Waals surface area contributed by atoms with Gasteiger partial charge in [-0.25, -0.2) is 4.79 Å². The number of hydrogen-bond donors (Lipinski definition) is 3. The molecule has 4 atom stereocenters. The Bertz CT molecular complexity index is 792. The van der Waals surface area contributed by atoms with Gasteiger partial charge in [0.1, 0.15) is 11.4 Å². The van der Waals surface area contributed by atoms with Crippen LogP contribution in [0.5, 0.6) is 0 Å². The van der Waals surface area contributed by atoms with Crippen LogP contribution in [0.4, 0.5) is 0 Å². The Kier molecular flexibility index (Phi) is 6.45. The molecular formula is C20H24NO5P. The van der Waals surface area contributed by atoms with Gasteiger partial charge in [0.25, 0.3) is 0 Å². The van der Waals surface area contributed by atoms with Crippen molar-refractivity contribution in [1.82, 2.24) is 5.32 Å². The molecule has 1 aliphatic rings. The number of ether oxygens (including phenoxy) is 1. The van der Waals surface area contributed by atoms with Gasteiger partial charge >= 0.3 is 5.97 Å². The summed E-state index contributed by atoms with van der Waals surface area (Å²) < 4.78 is 17.7. The van der Waals surface area contributed by atoms with Crippen LogP contribution in [-0.4, -0.2) is 46.8 Å². The molecule has 0 amide bonds. The Morgan fingerprint density at radius 1 is 1.19 bits per heavy atom. The molecule has 27 heavy (non-hydrogen) atoms. The Hall–Kier alpha value is -1.98. The summed E-state index contributed by atoms with van der Waals surface area (Å²) in [6.45, 7) is 0.674. The fourth-order valence-corrected chi connectivity index (χ4v) is 4.09. The molecule has 0 saturated carbocycles. The van der Waals surface area contributed by atoms with Gasteiger partial charge in [-0.05, 0) is 23.6 Å². The van der Waals surface area contributed by atoms with Gasteiger partial charge in [-0.1, -0.05) is 48.5 Å². The second-order valence-electron chi connectivity index (χ2n) is 6.87. The predicted octanol–water partition coefficient (Wildman–Crippen LogP) is 1.97. The molecule has 7 heteroatoms. The molecule has 1 heterocycles. The van der Waals surface area contributed by atoms with Gasteiger partial charge in [-0.15, -0.1) is 0 Å². The van der Waals surface area contributed by atoms with E-state index in [0.717, 1.165) is 11.1 Å². The average Bonchev–Trinajstić information content (AvgIpc) is 2.69. The Balaban J connectivity index is 1.62. The molecule has 0 aliphatic carbocycles. The summed E-state index contributed by atoms with van der Waals surface area (Å²) in [5.41, 5.74) is 1.93. The summed E-state index contributed by atoms with van der Waals surface area (Å²) in [7, 11) is -1.45. The first-order chi connectivity index (χ1) is 13.0. The first-order valence-corrected chi connectivity index (χ1v) is 9.95. The van der Waals surface area contributed by atoms with Crippen molar-refractivity contribution >= 4 is 14.4 Å². The molecular weight excluding hydrogens is 365 g/mol. The van der Waals surface area contributed by atoms with Crippen molar-refractivity contribution in [2.75, 3.05) is 13.2 Å². The number of morpholine rings is 1. The molecule has 0 spiro atoms. The zero-order chi connectivity index (χ0) is 19.3. The fraction of sp³-hybridized carbons (Fsp3) is 0.350. The highest BCUT2D eigenvalue weighted by Crippen LogP contribution is 2.32. The van der Waals surface area contributed by atoms with Gasteiger partial charge in [-0.3, -0.25) is 0 Å². The van der Waals surface area contributed by atoms with E-state index in [9.17, 15) is 19.6 Å². The number of carbonyl (C=O) groups is 1. The van der Waals surface area contributed by atoms with E-state index >= 15 is 0 Å². The van der Waals surface area contributed by atoms with E-state index in [1.165, 1.54) is 0 Å². The van der Waals surface area contributed by atoms with Crippen molar-refractivity contribution in [3.05, 3.63) is 71.3 Å². The maximum absolute atomic E-state index is 11.8. The number of nitrogens with one attached hydrogen (secondary N) is 1. The van der Waals surface area contributed by atoms with Crippen molar-refractivity contribution < 1.29 is 24.3 Å². The highest BCUT2D eigenvalue weighted by atomic mass is 31.1. The van der Waals surface area contributed by atoms with E-state index in [-0.39, 0.29) is 18.0 Å². The van der Waals surface area contributed by atoms with Crippen LogP contribution in [0.2, 0.25) is 0 Å². The topological polar surface area (TPSA) is 95.9 Å². The monoisotopic (exact) mass is 389 g/mol. The number of aliphatic hydroxyl groups is 1. The Labute approximate surface area is 159 Å². The van der Waals surface area contributed by atoms with Crippen LogP contribution in [0, 0.1) is 0 Å². The Morgan fingerprint density at radius 2 is 1.89 bits per heavy atom. The molecule has 2 unspecified atom stereocenters. The number of carboxylic acid groups (broad SMARTS) is 1. The van der Waals surface area contributed by atoms with E-state index in [4.69, 9.17) is 4.74 Å². The van der Waals surface area contributed by atoms with Gasteiger partial charge in [0.05, 0.1) is 20.6 Å². The fourth-order valence-electron chi connectivity index (χ4n) is 3.40. The molecule has 2 aromatic carbocycles. The van der Waals surface area contributed by atoms with Crippen LogP contribution in [0.25, 0.3) is 0 Å². The number of rotatable bonds is 7. The molecule has 144 valence electrons. The van der Waals surface area contributed by atoms with E-state index in [1.54, 1.807) is 18.2 Å². The van der Waals surface area contributed by atoms with Crippen molar-refractivity contribution in [3.63, 3.8) is 0 Å². The second-order valence-corrected chi connectivity index (χ2v) is 8.10. The lowest BCUT2D eigenvalue weighted by atomic mass is 9.98. The van der Waals surface area contributed by atoms with E-state index in [1.807, 2.05) is 36.4 Å². The molecule has 3 N–H and O–H groups in total. The summed E-state index contributed by atoms with van der Waals surface area (Å²) in [5, 5.41) is 22.1. The van der Waals surface area contributed by atoms with E-state index in [0.29, 0.717) is 19.6 Å². The van der Waals surface area contributed by atoms with Crippen LogP contribution in [0.15, 0.2) is 54.6 Å². The first-order valence-electron chi connectivity index (χ1n) is 8.90. The standard InChI is InChI=1S/C20H24NO5P/c22-19(23)17-9-5-4-8-15(17)10-16-13-26-18(12-21-16)20(24,27-25)11-14-6-2-1-3-7-14/h1-9,16,18,21,24H,10-13,27H2,(H,22,23)/t16-,18-,20?/m1/s1. The lowest BCUT2D eigenvalue weighted by Crippen LogP contribution is -2.55. The minimum Gasteiger partial charge on any atom is -0.478 e. The second kappa shape index (κ2) is 8.81. The van der Waals surface area contributed by atoms with Crippen molar-refractivity contribution in [1.29, 1.82) is 0 Å². The molecule has 3 rings (SSSR count). The molecule has 6 nitrogen and oxygen atoms in total. The third-order valence-electron chi connectivity index (χ3n) is 4.90. The third-order valence-corrected chi connectivity index (χ3v) is 5.88. The van der Waals surface area contributed by atoms with Gasteiger partial charge in [-0.2, -0.15) is 0 Å². The van der Waals surface area contributed by atoms with Crippen molar-refractivity contribution in [2.24, 2.45) is 0 Å². The van der Waals surface area contributed by atoms with E-state index < -0.39 is 25.9 Å². The lowest BCUT2D eigenvalue weighted by Gasteiger charge is -2.38. The summed E-state index contributed by atoms with van der Waals surface area (Å²) in [4.78, 5) is 11.3. The minimum absolute atomic E-state index is 0.0654. The smallest absolute Gasteiger partial charge is 0.335 e. The predicted molar refractivity (Wildman–Crippen MR) is 104 cm³/mol. The SMILES string of the molecule is O=[PH2]C(O)(Cc1ccccc1)[C@H]1CN[C@H](Cc2ccccc2C(=O)O)CO1. The third kappa shape index (κ3) is 4.85. The number of aromatic carboxylic acids is 1. The molecule has 0 bridgehead atoms. The van der Waals surface area contributed by atoms with E-state index in [2.05, 4.69) is 5.32 Å². The van der Waals surface area contributed by atoms with Crippen molar-refractivity contribution in [2.45, 2.75) is 30.3 Å². The summed E-state index contributed by atoms with van der Waals surface area (Å²) in [5.74, 6) is -0.951. The normalized spacial score (nSPS) is 22.6. The lowest BCUT2D eigenvalue weighted by molar-refractivity contribution is -0.0845. The molecule has 1 saturated heterocycles. The van der Waals surface area contributed by atoms with Crippen LogP contribution < -0.4 is 5.32 Å². The van der Waals surface area contributed by atoms with Crippen LogP contribution >= 0.6 is 8.46 Å².